The van der Waals surface area contributed by atoms with Gasteiger partial charge in [0.2, 0.25) is 0 Å². The molecular formula is C7H8Cl2F3NS. The Morgan fingerprint density at radius 2 is 2.00 bits per heavy atom. The van der Waals surface area contributed by atoms with Gasteiger partial charge in [0, 0.05) is 10.9 Å². The number of hydrogen-bond donors (Lipinski definition) is 1. The van der Waals surface area contributed by atoms with E-state index in [9.17, 15) is 13.2 Å². The normalized spacial score (nSPS) is 13.5. The van der Waals surface area contributed by atoms with Crippen LogP contribution >= 0.6 is 35.3 Å². The largest absolute Gasteiger partial charge is 0.390 e. The molecule has 0 aliphatic heterocycles. The Bertz CT molecular complexity index is 287. The molecule has 1 aromatic heterocycles. The van der Waals surface area contributed by atoms with Crippen LogP contribution in [0.15, 0.2) is 12.1 Å². The minimum atomic E-state index is -4.23. The average molecular weight is 266 g/mol. The van der Waals surface area contributed by atoms with Gasteiger partial charge >= 0.3 is 6.18 Å². The molecule has 2 N–H and O–H groups in total. The Labute approximate surface area is 94.5 Å². The molecule has 0 unspecified atom stereocenters. The van der Waals surface area contributed by atoms with E-state index in [-0.39, 0.29) is 12.4 Å². The summed E-state index contributed by atoms with van der Waals surface area (Å²) in [7, 11) is 0. The smallest absolute Gasteiger partial charge is 0.323 e. The van der Waals surface area contributed by atoms with Crippen LogP contribution in [0.3, 0.4) is 0 Å². The van der Waals surface area contributed by atoms with Crippen molar-refractivity contribution in [2.24, 2.45) is 5.73 Å². The molecule has 0 spiro atoms. The zero-order valence-corrected chi connectivity index (χ0v) is 9.23. The fraction of sp³-hybridized carbons (Fsp3) is 0.429. The van der Waals surface area contributed by atoms with Crippen molar-refractivity contribution in [1.29, 1.82) is 0 Å². The number of thiophene rings is 1. The summed E-state index contributed by atoms with van der Waals surface area (Å²) in [5, 5.41) is 0. The third-order valence-corrected chi connectivity index (χ3v) is 2.77. The van der Waals surface area contributed by atoms with Crippen LogP contribution in [-0.4, -0.2) is 6.18 Å². The molecule has 82 valence electrons. The van der Waals surface area contributed by atoms with Crippen molar-refractivity contribution < 1.29 is 13.2 Å². The number of rotatable bonds is 2. The number of alkyl halides is 3. The summed E-state index contributed by atoms with van der Waals surface area (Å²) in [5.74, 6) is 0. The van der Waals surface area contributed by atoms with Gasteiger partial charge in [0.15, 0.2) is 0 Å². The minimum Gasteiger partial charge on any atom is -0.323 e. The molecule has 7 heteroatoms. The molecule has 0 aliphatic carbocycles. The average Bonchev–Trinajstić information content (AvgIpc) is 2.31. The second kappa shape index (κ2) is 5.21. The van der Waals surface area contributed by atoms with E-state index < -0.39 is 18.6 Å². The third kappa shape index (κ3) is 4.50. The molecule has 0 fully saturated rings. The lowest BCUT2D eigenvalue weighted by atomic mass is 10.2. The van der Waals surface area contributed by atoms with E-state index in [1.165, 1.54) is 12.1 Å². The van der Waals surface area contributed by atoms with Crippen LogP contribution in [0.2, 0.25) is 4.34 Å². The molecule has 0 aromatic carbocycles. The molecule has 1 heterocycles. The lowest BCUT2D eigenvalue weighted by Gasteiger charge is -2.11. The Morgan fingerprint density at radius 3 is 2.36 bits per heavy atom. The number of nitrogens with two attached hydrogens (primary N) is 1. The van der Waals surface area contributed by atoms with Crippen molar-refractivity contribution >= 4 is 35.3 Å². The SMILES string of the molecule is Cl.N[C@H](CC(F)(F)F)c1ccc(Cl)s1. The first kappa shape index (κ1) is 14.0. The Balaban J connectivity index is 0.00000169. The van der Waals surface area contributed by atoms with Gasteiger partial charge < -0.3 is 5.73 Å². The van der Waals surface area contributed by atoms with Crippen molar-refractivity contribution in [1.82, 2.24) is 0 Å². The molecule has 1 atom stereocenters. The monoisotopic (exact) mass is 265 g/mol. The highest BCUT2D eigenvalue weighted by Gasteiger charge is 2.31. The van der Waals surface area contributed by atoms with Gasteiger partial charge in [0.1, 0.15) is 0 Å². The van der Waals surface area contributed by atoms with Crippen LogP contribution in [-0.2, 0) is 0 Å². The van der Waals surface area contributed by atoms with Gasteiger partial charge in [-0.05, 0) is 12.1 Å². The standard InChI is InChI=1S/C7H7ClF3NS.ClH/c8-6-2-1-5(13-6)4(12)3-7(9,10)11;/h1-2,4H,3,12H2;1H/t4-;/m1./s1. The molecule has 0 amide bonds. The fourth-order valence-corrected chi connectivity index (χ4v) is 1.94. The third-order valence-electron chi connectivity index (χ3n) is 1.41. The molecule has 1 nitrogen and oxygen atoms in total. The molecule has 0 radical (unpaired) electrons. The summed E-state index contributed by atoms with van der Waals surface area (Å²) in [4.78, 5) is 0.460. The van der Waals surface area contributed by atoms with E-state index in [1.54, 1.807) is 0 Å². The van der Waals surface area contributed by atoms with Gasteiger partial charge in [-0.2, -0.15) is 13.2 Å². The number of hydrogen-bond acceptors (Lipinski definition) is 2. The Hall–Kier alpha value is 0.0300. The van der Waals surface area contributed by atoms with Gasteiger partial charge in [0.25, 0.3) is 0 Å². The van der Waals surface area contributed by atoms with Crippen molar-refractivity contribution in [3.8, 4) is 0 Å². The minimum absolute atomic E-state index is 0. The first-order valence-electron chi connectivity index (χ1n) is 3.46. The van der Waals surface area contributed by atoms with E-state index in [2.05, 4.69) is 0 Å². The second-order valence-corrected chi connectivity index (χ2v) is 4.31. The van der Waals surface area contributed by atoms with Crippen LogP contribution in [0.5, 0.6) is 0 Å². The maximum Gasteiger partial charge on any atom is 0.390 e. The van der Waals surface area contributed by atoms with Gasteiger partial charge in [0.05, 0.1) is 10.8 Å². The Morgan fingerprint density at radius 1 is 1.43 bits per heavy atom. The van der Waals surface area contributed by atoms with E-state index in [1.807, 2.05) is 0 Å². The van der Waals surface area contributed by atoms with Crippen molar-refractivity contribution in [2.45, 2.75) is 18.6 Å². The molecule has 1 aromatic rings. The summed E-state index contributed by atoms with van der Waals surface area (Å²) < 4.78 is 36.1. The summed E-state index contributed by atoms with van der Waals surface area (Å²) in [6.07, 6.45) is -5.24. The highest BCUT2D eigenvalue weighted by molar-refractivity contribution is 7.16. The van der Waals surface area contributed by atoms with Crippen molar-refractivity contribution in [3.05, 3.63) is 21.3 Å². The summed E-state index contributed by atoms with van der Waals surface area (Å²) >= 11 is 6.63. The van der Waals surface area contributed by atoms with E-state index >= 15 is 0 Å². The maximum atomic E-state index is 11.9. The van der Waals surface area contributed by atoms with Crippen molar-refractivity contribution in [3.63, 3.8) is 0 Å². The van der Waals surface area contributed by atoms with Crippen LogP contribution < -0.4 is 5.73 Å². The van der Waals surface area contributed by atoms with E-state index in [0.717, 1.165) is 11.3 Å². The lowest BCUT2D eigenvalue weighted by molar-refractivity contribution is -0.138. The molecule has 14 heavy (non-hydrogen) atoms. The highest BCUT2D eigenvalue weighted by atomic mass is 35.5. The van der Waals surface area contributed by atoms with Crippen LogP contribution in [0.25, 0.3) is 0 Å². The predicted octanol–water partition coefficient (Wildman–Crippen LogP) is 3.78. The molecule has 0 saturated heterocycles. The molecule has 0 bridgehead atoms. The van der Waals surface area contributed by atoms with Gasteiger partial charge in [-0.25, -0.2) is 0 Å². The number of halogens is 5. The van der Waals surface area contributed by atoms with E-state index in [0.29, 0.717) is 9.21 Å². The van der Waals surface area contributed by atoms with Gasteiger partial charge in [-0.15, -0.1) is 23.7 Å². The topological polar surface area (TPSA) is 26.0 Å². The second-order valence-electron chi connectivity index (χ2n) is 2.57. The lowest BCUT2D eigenvalue weighted by Crippen LogP contribution is -2.19. The van der Waals surface area contributed by atoms with Crippen LogP contribution in [0.4, 0.5) is 13.2 Å². The maximum absolute atomic E-state index is 11.9. The summed E-state index contributed by atoms with van der Waals surface area (Å²) in [6, 6.07) is 2.05. The Kier molecular flexibility index (Phi) is 5.22. The molecule has 0 saturated carbocycles. The summed E-state index contributed by atoms with van der Waals surface area (Å²) in [5.41, 5.74) is 5.33. The molecular weight excluding hydrogens is 258 g/mol. The quantitative estimate of drug-likeness (QED) is 0.866. The van der Waals surface area contributed by atoms with Crippen molar-refractivity contribution in [2.75, 3.05) is 0 Å². The molecule has 0 aliphatic rings. The fourth-order valence-electron chi connectivity index (χ4n) is 0.878. The zero-order chi connectivity index (χ0) is 10.1. The first-order chi connectivity index (χ1) is 5.88. The van der Waals surface area contributed by atoms with Gasteiger partial charge in [-0.1, -0.05) is 11.6 Å². The highest BCUT2D eigenvalue weighted by Crippen LogP contribution is 2.32. The zero-order valence-electron chi connectivity index (χ0n) is 6.84. The van der Waals surface area contributed by atoms with Crippen LogP contribution in [0.1, 0.15) is 17.3 Å². The van der Waals surface area contributed by atoms with E-state index in [4.69, 9.17) is 17.3 Å². The van der Waals surface area contributed by atoms with Crippen LogP contribution in [0, 0.1) is 0 Å². The molecule has 1 rings (SSSR count). The predicted molar refractivity (Wildman–Crippen MR) is 54.2 cm³/mol. The first-order valence-corrected chi connectivity index (χ1v) is 4.65. The van der Waals surface area contributed by atoms with Gasteiger partial charge in [-0.3, -0.25) is 0 Å². The summed E-state index contributed by atoms with van der Waals surface area (Å²) in [6.45, 7) is 0.